The van der Waals surface area contributed by atoms with Crippen LogP contribution in [0.3, 0.4) is 0 Å². The highest BCUT2D eigenvalue weighted by Crippen LogP contribution is 2.43. The maximum Gasteiger partial charge on any atom is 0.227 e. The summed E-state index contributed by atoms with van der Waals surface area (Å²) in [6.45, 7) is 0.789. The van der Waals surface area contributed by atoms with Crippen molar-refractivity contribution in [1.82, 2.24) is 4.98 Å². The van der Waals surface area contributed by atoms with Crippen LogP contribution in [-0.2, 0) is 17.6 Å². The fraction of sp³-hybridized carbons (Fsp3) is 0.250. The first kappa shape index (κ1) is 11.5. The van der Waals surface area contributed by atoms with Gasteiger partial charge in [0.25, 0.3) is 0 Å². The molecule has 3 heterocycles. The molecule has 100 valence electrons. The molecule has 4 rings (SSSR count). The number of carbonyl (C=O) groups excluding carboxylic acids is 1. The van der Waals surface area contributed by atoms with Crippen molar-refractivity contribution in [3.05, 3.63) is 41.7 Å². The maximum atomic E-state index is 12.0. The number of nitrogen functional groups attached to an aromatic ring is 1. The third kappa shape index (κ3) is 1.48. The minimum Gasteiger partial charge on any atom is -0.398 e. The molecule has 1 aromatic heterocycles. The molecule has 1 aromatic carbocycles. The fourth-order valence-corrected chi connectivity index (χ4v) is 3.31. The number of amides is 1. The van der Waals surface area contributed by atoms with Crippen LogP contribution < -0.4 is 10.6 Å². The molecule has 0 aliphatic carbocycles. The van der Waals surface area contributed by atoms with Gasteiger partial charge in [-0.05, 0) is 30.5 Å². The molecule has 4 heteroatoms. The fourth-order valence-electron chi connectivity index (χ4n) is 3.31. The average molecular weight is 265 g/mol. The van der Waals surface area contributed by atoms with E-state index in [-0.39, 0.29) is 5.91 Å². The van der Waals surface area contributed by atoms with E-state index in [9.17, 15) is 4.79 Å². The second-order valence-corrected chi connectivity index (χ2v) is 5.36. The number of hydrogen-bond donors (Lipinski definition) is 1. The van der Waals surface area contributed by atoms with Crippen molar-refractivity contribution < 1.29 is 4.79 Å². The highest BCUT2D eigenvalue weighted by Gasteiger charge is 2.33. The quantitative estimate of drug-likeness (QED) is 0.804. The standard InChI is InChI=1S/C16H15N3O/c17-15-12-3-4-14(20)19-7-5-10(16(12)19)8-13(15)11-2-1-6-18-9-11/h1-2,6,8-9H,3-5,7,17H2. The van der Waals surface area contributed by atoms with Gasteiger partial charge in [-0.25, -0.2) is 0 Å². The Labute approximate surface area is 117 Å². The third-order valence-electron chi connectivity index (χ3n) is 4.26. The molecule has 4 nitrogen and oxygen atoms in total. The zero-order valence-corrected chi connectivity index (χ0v) is 11.1. The largest absolute Gasteiger partial charge is 0.398 e. The first-order chi connectivity index (χ1) is 9.75. The summed E-state index contributed by atoms with van der Waals surface area (Å²) in [7, 11) is 0. The van der Waals surface area contributed by atoms with Gasteiger partial charge >= 0.3 is 0 Å². The van der Waals surface area contributed by atoms with Crippen molar-refractivity contribution >= 4 is 17.3 Å². The van der Waals surface area contributed by atoms with Crippen molar-refractivity contribution in [2.45, 2.75) is 19.3 Å². The first-order valence-corrected chi connectivity index (χ1v) is 6.90. The lowest BCUT2D eigenvalue weighted by molar-refractivity contribution is -0.118. The summed E-state index contributed by atoms with van der Waals surface area (Å²) in [5, 5.41) is 0. The maximum absolute atomic E-state index is 12.0. The minimum atomic E-state index is 0.227. The molecule has 1 amide bonds. The summed E-state index contributed by atoms with van der Waals surface area (Å²) in [5.41, 5.74) is 12.7. The lowest BCUT2D eigenvalue weighted by Gasteiger charge is -2.27. The van der Waals surface area contributed by atoms with E-state index in [0.29, 0.717) is 6.42 Å². The molecule has 20 heavy (non-hydrogen) atoms. The van der Waals surface area contributed by atoms with E-state index in [0.717, 1.165) is 47.5 Å². The van der Waals surface area contributed by atoms with Gasteiger partial charge in [0.2, 0.25) is 5.91 Å². The van der Waals surface area contributed by atoms with Gasteiger partial charge in [0.05, 0.1) is 5.69 Å². The Bertz CT molecular complexity index is 709. The SMILES string of the molecule is Nc1c(-c2cccnc2)cc2c3c1CCC(=O)N3CC2. The third-order valence-corrected chi connectivity index (χ3v) is 4.26. The van der Waals surface area contributed by atoms with Crippen LogP contribution in [0.4, 0.5) is 11.4 Å². The number of pyridine rings is 1. The van der Waals surface area contributed by atoms with Crippen molar-refractivity contribution in [3.63, 3.8) is 0 Å². The van der Waals surface area contributed by atoms with E-state index in [2.05, 4.69) is 11.1 Å². The molecule has 0 atom stereocenters. The first-order valence-electron chi connectivity index (χ1n) is 6.90. The normalized spacial score (nSPS) is 16.4. The van der Waals surface area contributed by atoms with Gasteiger partial charge in [0.15, 0.2) is 0 Å². The molecule has 0 radical (unpaired) electrons. The zero-order chi connectivity index (χ0) is 13.7. The molecule has 2 aliphatic heterocycles. The predicted octanol–water partition coefficient (Wildman–Crippen LogP) is 2.17. The number of rotatable bonds is 1. The van der Waals surface area contributed by atoms with Gasteiger partial charge < -0.3 is 10.6 Å². The predicted molar refractivity (Wildman–Crippen MR) is 78.5 cm³/mol. The summed E-state index contributed by atoms with van der Waals surface area (Å²) >= 11 is 0. The molecular weight excluding hydrogens is 250 g/mol. The zero-order valence-electron chi connectivity index (χ0n) is 11.1. The lowest BCUT2D eigenvalue weighted by Crippen LogP contribution is -2.33. The van der Waals surface area contributed by atoms with Gasteiger partial charge in [-0.15, -0.1) is 0 Å². The number of nitrogens with zero attached hydrogens (tertiary/aromatic N) is 2. The Morgan fingerprint density at radius 3 is 2.95 bits per heavy atom. The Hall–Kier alpha value is -2.36. The molecule has 0 fully saturated rings. The van der Waals surface area contributed by atoms with E-state index < -0.39 is 0 Å². The Morgan fingerprint density at radius 1 is 1.25 bits per heavy atom. The highest BCUT2D eigenvalue weighted by atomic mass is 16.2. The molecule has 0 unspecified atom stereocenters. The highest BCUT2D eigenvalue weighted by molar-refractivity contribution is 6.01. The molecule has 2 aliphatic rings. The Kier molecular flexibility index (Phi) is 2.33. The van der Waals surface area contributed by atoms with Crippen molar-refractivity contribution in [2.24, 2.45) is 0 Å². The average Bonchev–Trinajstić information content (AvgIpc) is 2.91. The summed E-state index contributed by atoms with van der Waals surface area (Å²) in [4.78, 5) is 18.0. The number of nitrogens with two attached hydrogens (primary N) is 1. The second-order valence-electron chi connectivity index (χ2n) is 5.36. The lowest BCUT2D eigenvalue weighted by atomic mass is 9.92. The van der Waals surface area contributed by atoms with E-state index in [1.54, 1.807) is 6.20 Å². The van der Waals surface area contributed by atoms with Gasteiger partial charge in [0.1, 0.15) is 0 Å². The number of anilines is 2. The molecule has 0 bridgehead atoms. The van der Waals surface area contributed by atoms with Crippen LogP contribution >= 0.6 is 0 Å². The van der Waals surface area contributed by atoms with Crippen LogP contribution in [0.25, 0.3) is 11.1 Å². The van der Waals surface area contributed by atoms with Crippen molar-refractivity contribution in [3.8, 4) is 11.1 Å². The summed E-state index contributed by atoms with van der Waals surface area (Å²) in [6, 6.07) is 6.08. The molecular formula is C16H15N3O. The van der Waals surface area contributed by atoms with Crippen molar-refractivity contribution in [2.75, 3.05) is 17.2 Å². The van der Waals surface area contributed by atoms with Crippen LogP contribution in [0.5, 0.6) is 0 Å². The van der Waals surface area contributed by atoms with Crippen LogP contribution in [0.1, 0.15) is 17.5 Å². The van der Waals surface area contributed by atoms with Gasteiger partial charge in [-0.1, -0.05) is 6.07 Å². The number of carbonyl (C=O) groups is 1. The molecule has 2 aromatic rings. The van der Waals surface area contributed by atoms with Crippen LogP contribution in [0.15, 0.2) is 30.6 Å². The molecule has 0 spiro atoms. The van der Waals surface area contributed by atoms with Crippen LogP contribution in [0.2, 0.25) is 0 Å². The monoisotopic (exact) mass is 265 g/mol. The number of benzene rings is 1. The minimum absolute atomic E-state index is 0.227. The molecule has 0 saturated carbocycles. The van der Waals surface area contributed by atoms with Crippen LogP contribution in [-0.4, -0.2) is 17.4 Å². The molecule has 2 N–H and O–H groups in total. The van der Waals surface area contributed by atoms with Crippen LogP contribution in [0, 0.1) is 0 Å². The topological polar surface area (TPSA) is 59.2 Å². The van der Waals surface area contributed by atoms with Crippen molar-refractivity contribution in [1.29, 1.82) is 0 Å². The number of aromatic nitrogens is 1. The van der Waals surface area contributed by atoms with Gasteiger partial charge in [-0.3, -0.25) is 9.78 Å². The van der Waals surface area contributed by atoms with E-state index in [1.165, 1.54) is 5.56 Å². The van der Waals surface area contributed by atoms with E-state index >= 15 is 0 Å². The Morgan fingerprint density at radius 2 is 2.15 bits per heavy atom. The van der Waals surface area contributed by atoms with E-state index in [4.69, 9.17) is 5.73 Å². The summed E-state index contributed by atoms with van der Waals surface area (Å²) < 4.78 is 0. The Balaban J connectivity index is 1.96. The van der Waals surface area contributed by atoms with Gasteiger partial charge in [0, 0.05) is 47.7 Å². The second kappa shape index (κ2) is 4.07. The summed E-state index contributed by atoms with van der Waals surface area (Å²) in [5.74, 6) is 0.227. The smallest absolute Gasteiger partial charge is 0.227 e. The molecule has 0 saturated heterocycles. The van der Waals surface area contributed by atoms with E-state index in [1.807, 2.05) is 23.2 Å². The summed E-state index contributed by atoms with van der Waals surface area (Å²) in [6.07, 6.45) is 5.83. The van der Waals surface area contributed by atoms with Gasteiger partial charge in [-0.2, -0.15) is 0 Å². The number of hydrogen-bond acceptors (Lipinski definition) is 3.